The molecule has 7 aromatic carbocycles. The number of aromatic nitrogens is 1. The van der Waals surface area contributed by atoms with Crippen LogP contribution in [0.25, 0.3) is 64.3 Å². The molecule has 4 heteroatoms. The average molecular weight is 569 g/mol. The molecule has 3 nitrogen and oxygen atoms in total. The molecule has 0 radical (unpaired) electrons. The third kappa shape index (κ3) is 3.92. The van der Waals surface area contributed by atoms with Gasteiger partial charge in [-0.1, -0.05) is 91.0 Å². The second-order valence-electron chi connectivity index (χ2n) is 10.8. The molecule has 2 heterocycles. The van der Waals surface area contributed by atoms with Gasteiger partial charge in [0.25, 0.3) is 0 Å². The standard InChI is InChI=1S/C39H24N2OS/c1-2-11-27-23-28(20-19-25(27)9-1)41(34-16-7-12-26-10-3-4-13-30(26)34)29-21-22-31-37(24-29)43-36-18-8-14-32(38(31)36)39-40-33-15-5-6-17-35(33)42-39/h1-24H. The monoisotopic (exact) mass is 568 g/mol. The van der Waals surface area contributed by atoms with Gasteiger partial charge in [0, 0.05) is 42.5 Å². The number of nitrogens with zero attached hydrogens (tertiary/aromatic N) is 2. The minimum atomic E-state index is 0.657. The van der Waals surface area contributed by atoms with Gasteiger partial charge in [0.05, 0.1) is 5.69 Å². The van der Waals surface area contributed by atoms with Gasteiger partial charge >= 0.3 is 0 Å². The summed E-state index contributed by atoms with van der Waals surface area (Å²) in [6, 6.07) is 51.6. The second-order valence-corrected chi connectivity index (χ2v) is 11.9. The first kappa shape index (κ1) is 24.2. The zero-order valence-corrected chi connectivity index (χ0v) is 23.9. The van der Waals surface area contributed by atoms with Gasteiger partial charge in [0.15, 0.2) is 5.58 Å². The van der Waals surface area contributed by atoms with Gasteiger partial charge in [0.1, 0.15) is 5.52 Å². The Bertz CT molecular complexity index is 2450. The van der Waals surface area contributed by atoms with E-state index in [1.807, 2.05) is 35.6 Å². The van der Waals surface area contributed by atoms with Crippen molar-refractivity contribution in [2.45, 2.75) is 0 Å². The van der Waals surface area contributed by atoms with Crippen LogP contribution in [0, 0.1) is 0 Å². The molecule has 0 aliphatic heterocycles. The van der Waals surface area contributed by atoms with Crippen LogP contribution in [0.15, 0.2) is 150 Å². The van der Waals surface area contributed by atoms with Gasteiger partial charge in [-0.25, -0.2) is 4.98 Å². The molecule has 43 heavy (non-hydrogen) atoms. The maximum absolute atomic E-state index is 6.22. The highest BCUT2D eigenvalue weighted by Crippen LogP contribution is 2.45. The Morgan fingerprint density at radius 3 is 2.21 bits per heavy atom. The van der Waals surface area contributed by atoms with E-state index >= 15 is 0 Å². The van der Waals surface area contributed by atoms with Crippen LogP contribution >= 0.6 is 11.3 Å². The lowest BCUT2D eigenvalue weighted by atomic mass is 10.0. The molecule has 9 rings (SSSR count). The van der Waals surface area contributed by atoms with Crippen molar-refractivity contribution in [3.05, 3.63) is 146 Å². The molecule has 0 saturated heterocycles. The molecular weight excluding hydrogens is 545 g/mol. The van der Waals surface area contributed by atoms with Crippen LogP contribution in [0.3, 0.4) is 0 Å². The molecule has 0 unspecified atom stereocenters. The predicted molar refractivity (Wildman–Crippen MR) is 182 cm³/mol. The van der Waals surface area contributed by atoms with E-state index in [-0.39, 0.29) is 0 Å². The zero-order chi connectivity index (χ0) is 28.3. The van der Waals surface area contributed by atoms with Gasteiger partial charge in [-0.15, -0.1) is 11.3 Å². The van der Waals surface area contributed by atoms with E-state index in [9.17, 15) is 0 Å². The maximum Gasteiger partial charge on any atom is 0.227 e. The first-order valence-corrected chi connectivity index (χ1v) is 15.2. The van der Waals surface area contributed by atoms with E-state index in [0.717, 1.165) is 33.7 Å². The summed E-state index contributed by atoms with van der Waals surface area (Å²) in [6.07, 6.45) is 0. The number of benzene rings is 7. The summed E-state index contributed by atoms with van der Waals surface area (Å²) in [5.74, 6) is 0.657. The van der Waals surface area contributed by atoms with Gasteiger partial charge in [-0.3, -0.25) is 0 Å². The van der Waals surface area contributed by atoms with E-state index in [0.29, 0.717) is 5.89 Å². The van der Waals surface area contributed by atoms with Gasteiger partial charge in [0.2, 0.25) is 5.89 Å². The summed E-state index contributed by atoms with van der Waals surface area (Å²) in [5.41, 5.74) is 6.10. The number of hydrogen-bond donors (Lipinski definition) is 0. The van der Waals surface area contributed by atoms with Crippen LogP contribution in [-0.4, -0.2) is 4.98 Å². The smallest absolute Gasteiger partial charge is 0.227 e. The molecule has 0 aliphatic rings. The summed E-state index contributed by atoms with van der Waals surface area (Å²) < 4.78 is 8.66. The lowest BCUT2D eigenvalue weighted by Gasteiger charge is -2.27. The van der Waals surface area contributed by atoms with Gasteiger partial charge < -0.3 is 9.32 Å². The highest BCUT2D eigenvalue weighted by atomic mass is 32.1. The Morgan fingerprint density at radius 2 is 1.28 bits per heavy atom. The topological polar surface area (TPSA) is 29.3 Å². The molecule has 0 atom stereocenters. The van der Waals surface area contributed by atoms with Crippen molar-refractivity contribution >= 4 is 81.2 Å². The Morgan fingerprint density at radius 1 is 0.535 bits per heavy atom. The third-order valence-corrected chi connectivity index (χ3v) is 9.38. The molecule has 0 spiro atoms. The van der Waals surface area contributed by atoms with Crippen molar-refractivity contribution in [2.75, 3.05) is 4.90 Å². The van der Waals surface area contributed by atoms with Crippen LogP contribution in [0.5, 0.6) is 0 Å². The van der Waals surface area contributed by atoms with E-state index in [1.54, 1.807) is 0 Å². The summed E-state index contributed by atoms with van der Waals surface area (Å²) in [5, 5.41) is 7.28. The number of rotatable bonds is 4. The highest BCUT2D eigenvalue weighted by molar-refractivity contribution is 7.26. The summed E-state index contributed by atoms with van der Waals surface area (Å²) >= 11 is 1.81. The number of thiophene rings is 1. The zero-order valence-electron chi connectivity index (χ0n) is 23.1. The van der Waals surface area contributed by atoms with E-state index in [1.165, 1.54) is 41.7 Å². The SMILES string of the molecule is c1ccc2cc(N(c3ccc4c(c3)sc3cccc(-c5nc6ccccc6o5)c34)c3cccc4ccccc34)ccc2c1. The lowest BCUT2D eigenvalue weighted by Crippen LogP contribution is -2.10. The third-order valence-electron chi connectivity index (χ3n) is 8.26. The van der Waals surface area contributed by atoms with Gasteiger partial charge in [-0.05, 0) is 70.8 Å². The fourth-order valence-electron chi connectivity index (χ4n) is 6.27. The summed E-state index contributed by atoms with van der Waals surface area (Å²) in [6.45, 7) is 0. The molecule has 202 valence electrons. The van der Waals surface area contributed by atoms with Crippen LogP contribution in [-0.2, 0) is 0 Å². The molecule has 0 N–H and O–H groups in total. The number of para-hydroxylation sites is 2. The molecule has 9 aromatic rings. The minimum absolute atomic E-state index is 0.657. The Kier molecular flexibility index (Phi) is 5.37. The normalized spacial score (nSPS) is 11.7. The number of fused-ring (bicyclic) bond motifs is 6. The van der Waals surface area contributed by atoms with Crippen molar-refractivity contribution in [2.24, 2.45) is 0 Å². The highest BCUT2D eigenvalue weighted by Gasteiger charge is 2.19. The maximum atomic E-state index is 6.22. The molecule has 0 amide bonds. The van der Waals surface area contributed by atoms with Crippen molar-refractivity contribution in [3.63, 3.8) is 0 Å². The molecule has 0 saturated carbocycles. The second kappa shape index (κ2) is 9.55. The number of anilines is 3. The molecule has 0 aliphatic carbocycles. The summed E-state index contributed by atoms with van der Waals surface area (Å²) in [7, 11) is 0. The van der Waals surface area contributed by atoms with Crippen molar-refractivity contribution in [3.8, 4) is 11.5 Å². The van der Waals surface area contributed by atoms with E-state index in [4.69, 9.17) is 9.40 Å². The Hall–Kier alpha value is -5.45. The largest absolute Gasteiger partial charge is 0.436 e. The first-order valence-electron chi connectivity index (χ1n) is 14.4. The van der Waals surface area contributed by atoms with Crippen LogP contribution < -0.4 is 4.90 Å². The first-order chi connectivity index (χ1) is 21.3. The molecule has 0 fully saturated rings. The summed E-state index contributed by atoms with van der Waals surface area (Å²) in [4.78, 5) is 7.22. The lowest BCUT2D eigenvalue weighted by molar-refractivity contribution is 0.620. The number of hydrogen-bond acceptors (Lipinski definition) is 4. The van der Waals surface area contributed by atoms with Gasteiger partial charge in [-0.2, -0.15) is 0 Å². The average Bonchev–Trinajstić information content (AvgIpc) is 3.66. The molecular formula is C39H24N2OS. The quantitative estimate of drug-likeness (QED) is 0.211. The predicted octanol–water partition coefficient (Wildman–Crippen LogP) is 11.6. The Balaban J connectivity index is 1.27. The fourth-order valence-corrected chi connectivity index (χ4v) is 7.43. The van der Waals surface area contributed by atoms with Crippen molar-refractivity contribution in [1.29, 1.82) is 0 Å². The van der Waals surface area contributed by atoms with Crippen LogP contribution in [0.2, 0.25) is 0 Å². The van der Waals surface area contributed by atoms with Crippen molar-refractivity contribution in [1.82, 2.24) is 4.98 Å². The minimum Gasteiger partial charge on any atom is -0.436 e. The van der Waals surface area contributed by atoms with E-state index < -0.39 is 0 Å². The molecule has 2 aromatic heterocycles. The number of oxazole rings is 1. The fraction of sp³-hybridized carbons (Fsp3) is 0. The van der Waals surface area contributed by atoms with Crippen LogP contribution in [0.1, 0.15) is 0 Å². The van der Waals surface area contributed by atoms with Crippen molar-refractivity contribution < 1.29 is 4.42 Å². The van der Waals surface area contributed by atoms with Crippen LogP contribution in [0.4, 0.5) is 17.1 Å². The molecule has 0 bridgehead atoms. The van der Waals surface area contributed by atoms with E-state index in [2.05, 4.69) is 126 Å². The Labute approximate surface area is 251 Å².